The lowest BCUT2D eigenvalue weighted by atomic mass is 9.87. The van der Waals surface area contributed by atoms with Crippen LogP contribution >= 0.6 is 0 Å². The smallest absolute Gasteiger partial charge is 0.312 e. The Morgan fingerprint density at radius 2 is 1.00 bits per heavy atom. The number of rotatable bonds is 48. The first-order valence-electron chi connectivity index (χ1n) is 37.0. The van der Waals surface area contributed by atoms with Crippen molar-refractivity contribution in [3.63, 3.8) is 0 Å². The summed E-state index contributed by atoms with van der Waals surface area (Å²) in [6.45, 7) is 22.8. The quantitative estimate of drug-likeness (QED) is 0.0114. The highest BCUT2D eigenvalue weighted by atomic mass is 16.5. The van der Waals surface area contributed by atoms with Crippen LogP contribution in [0, 0.1) is 23.7 Å². The van der Waals surface area contributed by atoms with Crippen molar-refractivity contribution in [3.05, 3.63) is 108 Å². The zero-order chi connectivity index (χ0) is 78.0. The van der Waals surface area contributed by atoms with Gasteiger partial charge in [-0.25, -0.2) is 4.79 Å². The van der Waals surface area contributed by atoms with Gasteiger partial charge in [0.2, 0.25) is 29.5 Å². The molecule has 0 fully saturated rings. The van der Waals surface area contributed by atoms with Crippen molar-refractivity contribution >= 4 is 76.3 Å². The SMILES string of the molecule is CCC(N)=NCCC[C@H](NC(=O)CCCCCN1C(=O)C=CC1=O)C(=O)C[C@@H](COC(C)(C)C)C(=O)N[C@@H](CCCNC(N)=O)C(=O)CCC(=O)N[C@@H](CCc1ccccc1)C(=O)C[C@@H](Cc1ccc(OC(C)(C)C)cc1)C(=O)N[C@@H](CC(C)C)C(=O)C[C@@H](Cc1ccc(OC(C)(C)C)cc1)C(=O)NC. The number of unbranched alkanes of at least 4 members (excludes halogenated alkanes) is 2. The molecular weight excluding hydrogens is 1340 g/mol. The maximum absolute atomic E-state index is 15.1. The predicted molar refractivity (Wildman–Crippen MR) is 404 cm³/mol. The number of aryl methyl sites for hydroxylation is 1. The molecule has 1 aliphatic heterocycles. The van der Waals surface area contributed by atoms with Crippen LogP contribution in [0.5, 0.6) is 11.5 Å². The fourth-order valence-corrected chi connectivity index (χ4v) is 11.8. The second-order valence-corrected chi connectivity index (χ2v) is 30.5. The number of hydrogen-bond donors (Lipinski definition) is 8. The highest BCUT2D eigenvalue weighted by molar-refractivity contribution is 6.12. The van der Waals surface area contributed by atoms with Gasteiger partial charge in [0.05, 0.1) is 48.1 Å². The average Bonchev–Trinajstić information content (AvgIpc) is 1.82. The highest BCUT2D eigenvalue weighted by Crippen LogP contribution is 2.26. The monoisotopic (exact) mass is 1460 g/mol. The van der Waals surface area contributed by atoms with Gasteiger partial charge >= 0.3 is 6.03 Å². The summed E-state index contributed by atoms with van der Waals surface area (Å²) in [7, 11) is 1.50. The maximum atomic E-state index is 15.1. The Morgan fingerprint density at radius 3 is 1.51 bits per heavy atom. The zero-order valence-electron chi connectivity index (χ0n) is 64.2. The molecule has 4 rings (SSSR count). The standard InChI is InChI=1S/C80H118N10O15/c1-14-69(81)84-42-21-26-62(86-70(95)27-19-16-20-44-90-72(97)40-41-73(90)98)67(93)50-58(51-103-78(4,5)6)76(101)88-61(25-22-43-85-77(82)102)65(91)38-39-71(96)87-63(37-32-53-23-17-15-18-24-53)66(92)49-57(47-55-30-35-60(36-31-55)105-80(10,11)12)75(100)89-64(45-52(2)3)68(94)48-56(74(99)83-13)46-54-28-33-59(34-29-54)104-79(7,8)9/h15,17-18,23-24,28-31,33-36,40-41,52,56-58,61-64H,14,16,19-22,25-27,32,37-39,42-51H2,1-13H3,(H2,81,84)(H,83,99)(H,86,95)(H,87,96)(H,88,101)(H,89,100)(H3,82,85,102)/t56-,57-,58+,61+,62+,63+,64+/m1/s1. The number of primary amides is 1. The summed E-state index contributed by atoms with van der Waals surface area (Å²) in [6.07, 6.45) is 3.96. The predicted octanol–water partition coefficient (Wildman–Crippen LogP) is 8.56. The number of imide groups is 1. The van der Waals surface area contributed by atoms with E-state index in [-0.39, 0.29) is 108 Å². The van der Waals surface area contributed by atoms with Gasteiger partial charge in [0.25, 0.3) is 11.8 Å². The molecule has 0 aliphatic carbocycles. The van der Waals surface area contributed by atoms with E-state index in [1.807, 2.05) is 117 Å². The van der Waals surface area contributed by atoms with Gasteiger partial charge in [-0.15, -0.1) is 0 Å². The van der Waals surface area contributed by atoms with Gasteiger partial charge in [-0.2, -0.15) is 0 Å². The van der Waals surface area contributed by atoms with Crippen molar-refractivity contribution in [2.45, 2.75) is 246 Å². The molecule has 1 aliphatic rings. The summed E-state index contributed by atoms with van der Waals surface area (Å²) < 4.78 is 18.2. The third-order valence-electron chi connectivity index (χ3n) is 17.3. The third kappa shape index (κ3) is 35.5. The largest absolute Gasteiger partial charge is 0.488 e. The summed E-state index contributed by atoms with van der Waals surface area (Å²) in [6, 6.07) is 18.4. The minimum Gasteiger partial charge on any atom is -0.488 e. The molecule has 0 saturated carbocycles. The van der Waals surface area contributed by atoms with Crippen LogP contribution in [0.25, 0.3) is 0 Å². The number of amidine groups is 1. The van der Waals surface area contributed by atoms with E-state index in [1.54, 1.807) is 45.0 Å². The Kier molecular flexibility index (Phi) is 37.0. The highest BCUT2D eigenvalue weighted by Gasteiger charge is 2.36. The van der Waals surface area contributed by atoms with E-state index in [4.69, 9.17) is 25.7 Å². The fraction of sp³-hybridized carbons (Fsp3) is 0.588. The molecule has 0 saturated heterocycles. The number of benzene rings is 3. The van der Waals surface area contributed by atoms with Crippen LogP contribution in [0.2, 0.25) is 0 Å². The van der Waals surface area contributed by atoms with E-state index < -0.39 is 137 Å². The molecule has 10 N–H and O–H groups in total. The molecule has 0 bridgehead atoms. The van der Waals surface area contributed by atoms with Crippen LogP contribution < -0.4 is 52.8 Å². The van der Waals surface area contributed by atoms with Gasteiger partial charge in [-0.1, -0.05) is 81.8 Å². The van der Waals surface area contributed by atoms with Gasteiger partial charge in [-0.05, 0) is 180 Å². The van der Waals surface area contributed by atoms with E-state index in [2.05, 4.69) is 36.9 Å². The third-order valence-corrected chi connectivity index (χ3v) is 17.3. The number of aliphatic imine (C=N–C) groups is 1. The number of urea groups is 1. The van der Waals surface area contributed by atoms with Crippen molar-refractivity contribution in [2.75, 3.05) is 33.3 Å². The van der Waals surface area contributed by atoms with Crippen LogP contribution in [-0.4, -0.2) is 156 Å². The Balaban J connectivity index is 1.62. The van der Waals surface area contributed by atoms with Gasteiger partial charge in [-0.3, -0.25) is 62.6 Å². The first-order valence-corrected chi connectivity index (χ1v) is 37.0. The number of ether oxygens (including phenoxy) is 3. The van der Waals surface area contributed by atoms with Crippen LogP contribution in [0.1, 0.15) is 203 Å². The summed E-state index contributed by atoms with van der Waals surface area (Å²) in [4.78, 5) is 171. The van der Waals surface area contributed by atoms with Crippen LogP contribution in [0.15, 0.2) is 96.0 Å². The molecule has 1 heterocycles. The number of amides is 9. The number of carbonyl (C=O) groups is 12. The number of Topliss-reactive ketones (excluding diaryl/α,β-unsaturated/α-hetero) is 4. The summed E-state index contributed by atoms with van der Waals surface area (Å²) in [5, 5.41) is 16.7. The molecular formula is C80H118N10O15. The van der Waals surface area contributed by atoms with Gasteiger partial charge in [0.15, 0.2) is 23.1 Å². The molecule has 7 atom stereocenters. The zero-order valence-corrected chi connectivity index (χ0v) is 64.2. The van der Waals surface area contributed by atoms with E-state index in [9.17, 15) is 47.9 Å². The second-order valence-electron chi connectivity index (χ2n) is 30.5. The van der Waals surface area contributed by atoms with Crippen LogP contribution in [0.3, 0.4) is 0 Å². The molecule has 3 aromatic rings. The molecule has 0 radical (unpaired) electrons. The molecule has 25 heteroatoms. The minimum atomic E-state index is -1.27. The molecule has 0 aromatic heterocycles. The Labute approximate surface area is 620 Å². The number of carbonyl (C=O) groups excluding carboxylic acids is 12. The number of nitrogens with zero attached hydrogens (tertiary/aromatic N) is 2. The van der Waals surface area contributed by atoms with Crippen LogP contribution in [-0.2, 0) is 76.7 Å². The lowest BCUT2D eigenvalue weighted by Crippen LogP contribution is -2.48. The lowest BCUT2D eigenvalue weighted by Gasteiger charge is -2.27. The number of hydrogen-bond acceptors (Lipinski definition) is 16. The molecule has 0 unspecified atom stereocenters. The first-order chi connectivity index (χ1) is 49.4. The van der Waals surface area contributed by atoms with E-state index >= 15 is 9.59 Å². The van der Waals surface area contributed by atoms with Crippen LogP contribution in [0.4, 0.5) is 4.79 Å². The van der Waals surface area contributed by atoms with Crippen molar-refractivity contribution in [1.29, 1.82) is 0 Å². The Bertz CT molecular complexity index is 3410. The van der Waals surface area contributed by atoms with Gasteiger partial charge in [0, 0.05) is 95.6 Å². The molecule has 0 spiro atoms. The minimum absolute atomic E-state index is 0.0214. The van der Waals surface area contributed by atoms with Gasteiger partial charge in [0.1, 0.15) is 22.7 Å². The number of nitrogens with two attached hydrogens (primary N) is 2. The maximum Gasteiger partial charge on any atom is 0.312 e. The number of ketones is 4. The Hall–Kier alpha value is -9.13. The van der Waals surface area contributed by atoms with Crippen molar-refractivity contribution in [2.24, 2.45) is 40.1 Å². The lowest BCUT2D eigenvalue weighted by molar-refractivity contribution is -0.137. The summed E-state index contributed by atoms with van der Waals surface area (Å²) >= 11 is 0. The topological polar surface area (TPSA) is 372 Å². The second kappa shape index (κ2) is 44.0. The first kappa shape index (κ1) is 88.3. The van der Waals surface area contributed by atoms with Crippen molar-refractivity contribution < 1.29 is 71.7 Å². The molecule has 25 nitrogen and oxygen atoms in total. The fourth-order valence-electron chi connectivity index (χ4n) is 11.8. The summed E-state index contributed by atoms with van der Waals surface area (Å²) in [5.41, 5.74) is 11.9. The summed E-state index contributed by atoms with van der Waals surface area (Å²) in [5.74, 6) is -7.01. The van der Waals surface area contributed by atoms with E-state index in [1.165, 1.54) is 19.2 Å². The van der Waals surface area contributed by atoms with E-state index in [0.29, 0.717) is 61.4 Å². The average molecular weight is 1460 g/mol. The van der Waals surface area contributed by atoms with Crippen molar-refractivity contribution in [1.82, 2.24) is 36.8 Å². The molecule has 3 aromatic carbocycles. The van der Waals surface area contributed by atoms with Gasteiger partial charge < -0.3 is 57.6 Å². The molecule has 105 heavy (non-hydrogen) atoms. The molecule has 9 amide bonds. The van der Waals surface area contributed by atoms with E-state index in [0.717, 1.165) is 16.0 Å². The molecule has 578 valence electrons. The normalized spacial score (nSPS) is 14.6. The number of nitrogens with one attached hydrogen (secondary N) is 6. The van der Waals surface area contributed by atoms with Crippen molar-refractivity contribution in [3.8, 4) is 11.5 Å². The Morgan fingerprint density at radius 1 is 0.514 bits per heavy atom.